The Hall–Kier alpha value is -4.38. The number of aromatic nitrogens is 1. The van der Waals surface area contributed by atoms with Gasteiger partial charge in [-0.05, 0) is 62.2 Å². The van der Waals surface area contributed by atoms with Crippen molar-refractivity contribution in [2.24, 2.45) is 4.99 Å². The zero-order valence-electron chi connectivity index (χ0n) is 21.9. The van der Waals surface area contributed by atoms with Crippen LogP contribution in [-0.4, -0.2) is 48.5 Å². The van der Waals surface area contributed by atoms with Crippen LogP contribution >= 0.6 is 11.3 Å². The Morgan fingerprint density at radius 1 is 1.08 bits per heavy atom. The fourth-order valence-electron chi connectivity index (χ4n) is 4.20. The monoisotopic (exact) mass is 552 g/mol. The highest BCUT2D eigenvalue weighted by Gasteiger charge is 2.34. The molecule has 0 fully saturated rings. The molecule has 1 aliphatic rings. The number of carboxylic acids is 1. The summed E-state index contributed by atoms with van der Waals surface area (Å²) in [4.78, 5) is 42.6. The number of allylic oxidation sites excluding steroid dienone is 1. The predicted octanol–water partition coefficient (Wildman–Crippen LogP) is 2.67. The van der Waals surface area contributed by atoms with Crippen molar-refractivity contribution in [2.45, 2.75) is 26.8 Å². The number of ether oxygens (including phenoxy) is 4. The number of methoxy groups -OCH3 is 1. The Morgan fingerprint density at radius 3 is 2.46 bits per heavy atom. The van der Waals surface area contributed by atoms with Crippen LogP contribution in [0.5, 0.6) is 17.2 Å². The van der Waals surface area contributed by atoms with Gasteiger partial charge in [-0.2, -0.15) is 0 Å². The van der Waals surface area contributed by atoms with Gasteiger partial charge < -0.3 is 24.1 Å². The Kier molecular flexibility index (Phi) is 8.50. The maximum absolute atomic E-state index is 13.8. The van der Waals surface area contributed by atoms with E-state index in [-0.39, 0.29) is 17.7 Å². The third-order valence-corrected chi connectivity index (χ3v) is 6.84. The number of carbonyl (C=O) groups is 2. The average Bonchev–Trinajstić information content (AvgIpc) is 3.21. The normalized spacial score (nSPS) is 14.9. The van der Waals surface area contributed by atoms with E-state index in [0.29, 0.717) is 50.0 Å². The van der Waals surface area contributed by atoms with Gasteiger partial charge in [0, 0.05) is 0 Å². The highest BCUT2D eigenvalue weighted by Crippen LogP contribution is 2.36. The molecule has 1 N–H and O–H groups in total. The van der Waals surface area contributed by atoms with Gasteiger partial charge in [-0.3, -0.25) is 9.36 Å². The molecule has 1 atom stereocenters. The van der Waals surface area contributed by atoms with Gasteiger partial charge in [0.25, 0.3) is 5.56 Å². The molecule has 0 saturated carbocycles. The summed E-state index contributed by atoms with van der Waals surface area (Å²) in [5, 5.41) is 8.79. The Bertz CT molecular complexity index is 1600. The van der Waals surface area contributed by atoms with Gasteiger partial charge in [0.1, 0.15) is 5.75 Å². The summed E-state index contributed by atoms with van der Waals surface area (Å²) in [6.45, 7) is 5.42. The van der Waals surface area contributed by atoms with Crippen LogP contribution in [0.25, 0.3) is 6.08 Å². The quantitative estimate of drug-likeness (QED) is 0.381. The molecule has 0 saturated heterocycles. The molecule has 3 aromatic rings. The van der Waals surface area contributed by atoms with E-state index in [1.807, 2.05) is 6.92 Å². The maximum Gasteiger partial charge on any atom is 0.341 e. The van der Waals surface area contributed by atoms with Crippen LogP contribution in [-0.2, 0) is 14.3 Å². The molecule has 2 heterocycles. The van der Waals surface area contributed by atoms with Crippen LogP contribution in [0, 0.1) is 0 Å². The summed E-state index contributed by atoms with van der Waals surface area (Å²) in [6.07, 6.45) is 1.71. The first-order valence-electron chi connectivity index (χ1n) is 12.2. The van der Waals surface area contributed by atoms with Crippen LogP contribution in [0.2, 0.25) is 0 Å². The van der Waals surface area contributed by atoms with Crippen molar-refractivity contribution in [2.75, 3.05) is 26.9 Å². The summed E-state index contributed by atoms with van der Waals surface area (Å²) in [7, 11) is 1.54. The molecular weight excluding hydrogens is 524 g/mol. The first-order chi connectivity index (χ1) is 18.8. The van der Waals surface area contributed by atoms with Crippen molar-refractivity contribution in [3.8, 4) is 17.2 Å². The number of hydrogen-bond donors (Lipinski definition) is 1. The number of nitrogens with zero attached hydrogens (tertiary/aromatic N) is 2. The van der Waals surface area contributed by atoms with E-state index >= 15 is 0 Å². The highest BCUT2D eigenvalue weighted by molar-refractivity contribution is 7.07. The number of aliphatic carboxylic acids is 1. The minimum atomic E-state index is -1.07. The van der Waals surface area contributed by atoms with Gasteiger partial charge in [-0.1, -0.05) is 29.5 Å². The van der Waals surface area contributed by atoms with E-state index in [0.717, 1.165) is 0 Å². The lowest BCUT2D eigenvalue weighted by molar-refractivity contribution is -0.140. The lowest BCUT2D eigenvalue weighted by Gasteiger charge is -2.25. The van der Waals surface area contributed by atoms with Gasteiger partial charge in [0.05, 0.1) is 42.2 Å². The molecule has 0 radical (unpaired) electrons. The minimum Gasteiger partial charge on any atom is -0.493 e. The molecule has 0 bridgehead atoms. The van der Waals surface area contributed by atoms with E-state index < -0.39 is 24.6 Å². The summed E-state index contributed by atoms with van der Waals surface area (Å²) in [5.74, 6) is -0.207. The number of benzene rings is 2. The zero-order valence-corrected chi connectivity index (χ0v) is 22.7. The number of thiazole rings is 1. The minimum absolute atomic E-state index is 0.172. The van der Waals surface area contributed by atoms with Gasteiger partial charge in [-0.25, -0.2) is 14.6 Å². The lowest BCUT2D eigenvalue weighted by atomic mass is 9.95. The highest BCUT2D eigenvalue weighted by atomic mass is 32.1. The van der Waals surface area contributed by atoms with Crippen molar-refractivity contribution in [3.63, 3.8) is 0 Å². The van der Waals surface area contributed by atoms with Crippen LogP contribution in [0.15, 0.2) is 63.5 Å². The van der Waals surface area contributed by atoms with Crippen molar-refractivity contribution >= 4 is 29.4 Å². The summed E-state index contributed by atoms with van der Waals surface area (Å²) < 4.78 is 23.6. The second-order valence-electron chi connectivity index (χ2n) is 8.40. The summed E-state index contributed by atoms with van der Waals surface area (Å²) in [6, 6.07) is 11.2. The first kappa shape index (κ1) is 27.6. The molecule has 0 aliphatic carbocycles. The van der Waals surface area contributed by atoms with Crippen molar-refractivity contribution in [3.05, 3.63) is 84.5 Å². The molecular formula is C28H28N2O8S. The predicted molar refractivity (Wildman–Crippen MR) is 144 cm³/mol. The number of rotatable bonds is 10. The Balaban J connectivity index is 1.85. The maximum atomic E-state index is 13.8. The SMILES string of the molecule is CCOC(=O)C1=C(C)N=c2sc(=Cc3ccc(OCC(=O)O)cc3)c(=O)n2[C@H]1c1ccc(OC)c(OCC)c1. The van der Waals surface area contributed by atoms with E-state index in [1.54, 1.807) is 69.5 Å². The van der Waals surface area contributed by atoms with Gasteiger partial charge >= 0.3 is 11.9 Å². The van der Waals surface area contributed by atoms with Crippen molar-refractivity contribution in [1.29, 1.82) is 0 Å². The second kappa shape index (κ2) is 12.0. The van der Waals surface area contributed by atoms with Crippen molar-refractivity contribution < 1.29 is 33.6 Å². The molecule has 10 nitrogen and oxygen atoms in total. The number of hydrogen-bond acceptors (Lipinski definition) is 9. The molecule has 0 unspecified atom stereocenters. The standard InChI is InChI=1S/C28H28N2O8S/c1-5-36-21-14-18(9-12-20(21)35-4)25-24(27(34)37-6-2)16(3)29-28-30(25)26(33)22(39-28)13-17-7-10-19(11-8-17)38-15-23(31)32/h7-14,25H,5-6,15H2,1-4H3,(H,31,32)/t25-/m0/s1. The molecule has 0 spiro atoms. The molecule has 204 valence electrons. The summed E-state index contributed by atoms with van der Waals surface area (Å²) >= 11 is 1.20. The fraction of sp³-hybridized carbons (Fsp3) is 0.286. The topological polar surface area (TPSA) is 126 Å². The van der Waals surface area contributed by atoms with Crippen LogP contribution < -0.4 is 29.1 Å². The second-order valence-corrected chi connectivity index (χ2v) is 9.41. The zero-order chi connectivity index (χ0) is 28.1. The Morgan fingerprint density at radius 2 is 1.82 bits per heavy atom. The number of carboxylic acid groups (broad SMARTS) is 1. The smallest absolute Gasteiger partial charge is 0.341 e. The van der Waals surface area contributed by atoms with E-state index in [9.17, 15) is 14.4 Å². The Labute approximate surface area is 228 Å². The molecule has 4 rings (SSSR count). The number of carbonyl (C=O) groups excluding carboxylic acids is 1. The molecule has 1 aliphatic heterocycles. The largest absolute Gasteiger partial charge is 0.493 e. The average molecular weight is 553 g/mol. The fourth-order valence-corrected chi connectivity index (χ4v) is 5.24. The molecule has 2 aromatic carbocycles. The van der Waals surface area contributed by atoms with Crippen LogP contribution in [0.4, 0.5) is 0 Å². The van der Waals surface area contributed by atoms with Gasteiger partial charge in [0.15, 0.2) is 22.9 Å². The molecule has 1 aromatic heterocycles. The van der Waals surface area contributed by atoms with Gasteiger partial charge in [0.2, 0.25) is 0 Å². The summed E-state index contributed by atoms with van der Waals surface area (Å²) in [5.41, 5.74) is 1.76. The molecule has 11 heteroatoms. The number of esters is 1. The first-order valence-corrected chi connectivity index (χ1v) is 13.0. The van der Waals surface area contributed by atoms with E-state index in [4.69, 9.17) is 24.1 Å². The van der Waals surface area contributed by atoms with Crippen LogP contribution in [0.1, 0.15) is 37.9 Å². The third kappa shape index (κ3) is 5.88. The van der Waals surface area contributed by atoms with Crippen LogP contribution in [0.3, 0.4) is 0 Å². The van der Waals surface area contributed by atoms with E-state index in [1.165, 1.54) is 15.9 Å². The van der Waals surface area contributed by atoms with Gasteiger partial charge in [-0.15, -0.1) is 0 Å². The number of fused-ring (bicyclic) bond motifs is 1. The lowest BCUT2D eigenvalue weighted by Crippen LogP contribution is -2.40. The third-order valence-electron chi connectivity index (χ3n) is 5.86. The van der Waals surface area contributed by atoms with E-state index in [2.05, 4.69) is 4.99 Å². The van der Waals surface area contributed by atoms with Crippen molar-refractivity contribution in [1.82, 2.24) is 4.57 Å². The molecule has 39 heavy (non-hydrogen) atoms. The molecule has 0 amide bonds.